The third-order valence-corrected chi connectivity index (χ3v) is 6.84. The Labute approximate surface area is 152 Å². The van der Waals surface area contributed by atoms with E-state index in [1.165, 1.54) is 0 Å². The van der Waals surface area contributed by atoms with E-state index in [-0.39, 0.29) is 17.5 Å². The zero-order chi connectivity index (χ0) is 18.5. The molecular weight excluding hydrogens is 354 g/mol. The molecule has 2 aromatic rings. The number of benzene rings is 1. The molecule has 5 rings (SSSR count). The normalized spacial score (nSPS) is 25.5. The van der Waals surface area contributed by atoms with Gasteiger partial charge in [0.05, 0.1) is 17.3 Å². The lowest BCUT2D eigenvalue weighted by Crippen LogP contribution is -2.48. The quantitative estimate of drug-likeness (QED) is 0.812. The Balaban J connectivity index is 1.79. The van der Waals surface area contributed by atoms with Crippen LogP contribution in [0.3, 0.4) is 0 Å². The maximum Gasteiger partial charge on any atom is 0.269 e. The molecule has 0 saturated carbocycles. The van der Waals surface area contributed by atoms with Crippen molar-refractivity contribution in [3.05, 3.63) is 23.9 Å². The molecule has 0 spiro atoms. The molecule has 0 unspecified atom stereocenters. The summed E-state index contributed by atoms with van der Waals surface area (Å²) in [5, 5.41) is 5.12. The van der Waals surface area contributed by atoms with Crippen LogP contribution in [0.2, 0.25) is 0 Å². The van der Waals surface area contributed by atoms with Crippen LogP contribution in [-0.2, 0) is 10.0 Å². The Bertz CT molecular complexity index is 960. The van der Waals surface area contributed by atoms with Gasteiger partial charge in [-0.2, -0.15) is 5.10 Å². The predicted octanol–water partition coefficient (Wildman–Crippen LogP) is 1.16. The number of nitrogens with zero attached hydrogens (tertiary/aromatic N) is 3. The number of carbonyl (C=O) groups is 1. The third-order valence-electron chi connectivity index (χ3n) is 5.53. The highest BCUT2D eigenvalue weighted by Crippen LogP contribution is 2.37. The Morgan fingerprint density at radius 2 is 2.08 bits per heavy atom. The predicted molar refractivity (Wildman–Crippen MR) is 99.5 cm³/mol. The molecule has 4 heterocycles. The molecule has 0 aliphatic carbocycles. The topological polar surface area (TPSA) is 110 Å². The molecule has 3 aliphatic heterocycles. The number of primary amides is 1. The molecular formula is C17H23N5O3S. The number of anilines is 1. The van der Waals surface area contributed by atoms with Crippen LogP contribution in [-0.4, -0.2) is 54.4 Å². The molecule has 2 bridgehead atoms. The summed E-state index contributed by atoms with van der Waals surface area (Å²) in [4.78, 5) is 14.3. The first-order valence-corrected chi connectivity index (χ1v) is 10.6. The standard InChI is InChI=1S/C17H23N5O3S/c1-2-26(24,25)20-12-3-4-14-13(9-12)16(17(18)23)19-22(14)15-10-21-7-5-11(15)6-8-21/h3-4,9,11,15,20H,2,5-8,10H2,1H3,(H2,18,23)/t15-/m0/s1. The van der Waals surface area contributed by atoms with E-state index in [1.807, 2.05) is 10.7 Å². The van der Waals surface area contributed by atoms with Crippen LogP contribution < -0.4 is 10.5 Å². The fraction of sp³-hybridized carbons (Fsp3) is 0.529. The van der Waals surface area contributed by atoms with Crippen molar-refractivity contribution in [2.24, 2.45) is 11.7 Å². The Morgan fingerprint density at radius 1 is 1.35 bits per heavy atom. The molecule has 9 heteroatoms. The molecule has 0 radical (unpaired) electrons. The van der Waals surface area contributed by atoms with Crippen LogP contribution in [0.15, 0.2) is 18.2 Å². The Morgan fingerprint density at radius 3 is 2.65 bits per heavy atom. The van der Waals surface area contributed by atoms with Crippen LogP contribution in [0.5, 0.6) is 0 Å². The molecule has 1 aromatic heterocycles. The zero-order valence-electron chi connectivity index (χ0n) is 14.7. The van der Waals surface area contributed by atoms with E-state index < -0.39 is 15.9 Å². The summed E-state index contributed by atoms with van der Waals surface area (Å²) in [6.07, 6.45) is 2.26. The van der Waals surface area contributed by atoms with Gasteiger partial charge in [0.2, 0.25) is 10.0 Å². The summed E-state index contributed by atoms with van der Waals surface area (Å²) in [6.45, 7) is 4.73. The van der Waals surface area contributed by atoms with E-state index in [9.17, 15) is 13.2 Å². The van der Waals surface area contributed by atoms with Crippen LogP contribution in [0, 0.1) is 5.92 Å². The van der Waals surface area contributed by atoms with Crippen LogP contribution in [0.1, 0.15) is 36.3 Å². The number of piperidine rings is 3. The highest BCUT2D eigenvalue weighted by molar-refractivity contribution is 7.92. The van der Waals surface area contributed by atoms with Crippen LogP contribution in [0.4, 0.5) is 5.69 Å². The number of nitrogens with two attached hydrogens (primary N) is 1. The average Bonchev–Trinajstić information content (AvgIpc) is 3.01. The molecule has 3 fully saturated rings. The molecule has 8 nitrogen and oxygen atoms in total. The first-order valence-electron chi connectivity index (χ1n) is 8.93. The first kappa shape index (κ1) is 17.3. The molecule has 3 saturated heterocycles. The molecule has 3 N–H and O–H groups in total. The molecule has 1 atom stereocenters. The van der Waals surface area contributed by atoms with E-state index in [2.05, 4.69) is 14.7 Å². The maximum absolute atomic E-state index is 11.9. The van der Waals surface area contributed by atoms with E-state index >= 15 is 0 Å². The number of aromatic nitrogens is 2. The number of amides is 1. The number of fused-ring (bicyclic) bond motifs is 4. The van der Waals surface area contributed by atoms with Gasteiger partial charge in [0.25, 0.3) is 5.91 Å². The molecule has 26 heavy (non-hydrogen) atoms. The Hall–Kier alpha value is -2.13. The fourth-order valence-corrected chi connectivity index (χ4v) is 4.73. The number of carbonyl (C=O) groups excluding carboxylic acids is 1. The van der Waals surface area contributed by atoms with Gasteiger partial charge >= 0.3 is 0 Å². The highest BCUT2D eigenvalue weighted by Gasteiger charge is 2.37. The van der Waals surface area contributed by atoms with E-state index in [1.54, 1.807) is 19.1 Å². The van der Waals surface area contributed by atoms with Gasteiger partial charge < -0.3 is 10.6 Å². The smallest absolute Gasteiger partial charge is 0.269 e. The minimum atomic E-state index is -3.39. The number of hydrogen-bond donors (Lipinski definition) is 2. The second kappa shape index (κ2) is 6.24. The van der Waals surface area contributed by atoms with Crippen molar-refractivity contribution in [1.29, 1.82) is 0 Å². The molecule has 1 aromatic carbocycles. The van der Waals surface area contributed by atoms with Gasteiger partial charge in [-0.15, -0.1) is 0 Å². The van der Waals surface area contributed by atoms with Crippen LogP contribution >= 0.6 is 0 Å². The Kier molecular flexibility index (Phi) is 4.15. The van der Waals surface area contributed by atoms with Crippen molar-refractivity contribution in [1.82, 2.24) is 14.7 Å². The lowest BCUT2D eigenvalue weighted by Gasteiger charge is -2.44. The van der Waals surface area contributed by atoms with E-state index in [0.717, 1.165) is 38.0 Å². The van der Waals surface area contributed by atoms with Crippen molar-refractivity contribution in [3.8, 4) is 0 Å². The lowest BCUT2D eigenvalue weighted by molar-refractivity contribution is 0.0531. The third kappa shape index (κ3) is 2.95. The molecule has 1 amide bonds. The minimum Gasteiger partial charge on any atom is -0.364 e. The van der Waals surface area contributed by atoms with Gasteiger partial charge in [-0.1, -0.05) is 0 Å². The average molecular weight is 377 g/mol. The summed E-state index contributed by atoms with van der Waals surface area (Å²) >= 11 is 0. The second-order valence-electron chi connectivity index (χ2n) is 7.10. The van der Waals surface area contributed by atoms with Gasteiger partial charge in [0.1, 0.15) is 0 Å². The number of hydrogen-bond acceptors (Lipinski definition) is 5. The summed E-state index contributed by atoms with van der Waals surface area (Å²) in [6, 6.07) is 5.39. The molecule has 3 aliphatic rings. The summed E-state index contributed by atoms with van der Waals surface area (Å²) in [5.41, 5.74) is 6.96. The summed E-state index contributed by atoms with van der Waals surface area (Å²) in [7, 11) is -3.39. The van der Waals surface area contributed by atoms with Crippen molar-refractivity contribution in [3.63, 3.8) is 0 Å². The first-order chi connectivity index (χ1) is 12.4. The zero-order valence-corrected chi connectivity index (χ0v) is 15.5. The van der Waals surface area contributed by atoms with Crippen molar-refractivity contribution in [2.45, 2.75) is 25.8 Å². The van der Waals surface area contributed by atoms with Gasteiger partial charge in [0, 0.05) is 17.6 Å². The highest BCUT2D eigenvalue weighted by atomic mass is 32.2. The largest absolute Gasteiger partial charge is 0.364 e. The fourth-order valence-electron chi connectivity index (χ4n) is 4.10. The van der Waals surface area contributed by atoms with Crippen molar-refractivity contribution in [2.75, 3.05) is 30.1 Å². The minimum absolute atomic E-state index is 0.0213. The second-order valence-corrected chi connectivity index (χ2v) is 9.11. The van der Waals surface area contributed by atoms with Gasteiger partial charge in [-0.25, -0.2) is 8.42 Å². The number of rotatable bonds is 5. The SMILES string of the molecule is CCS(=O)(=O)Nc1ccc2c(c1)c(C(N)=O)nn2[C@H]1CN2CCC1CC2. The summed E-state index contributed by atoms with van der Waals surface area (Å²) in [5.74, 6) is -0.0837. The maximum atomic E-state index is 11.9. The lowest BCUT2D eigenvalue weighted by atomic mass is 9.84. The van der Waals surface area contributed by atoms with Gasteiger partial charge in [0.15, 0.2) is 5.69 Å². The number of nitrogens with one attached hydrogen (secondary N) is 1. The summed E-state index contributed by atoms with van der Waals surface area (Å²) < 4.78 is 28.1. The van der Waals surface area contributed by atoms with Crippen molar-refractivity contribution < 1.29 is 13.2 Å². The van der Waals surface area contributed by atoms with Crippen LogP contribution in [0.25, 0.3) is 10.9 Å². The molecule has 140 valence electrons. The van der Waals surface area contributed by atoms with Crippen molar-refractivity contribution >= 4 is 32.5 Å². The van der Waals surface area contributed by atoms with Gasteiger partial charge in [-0.05, 0) is 57.0 Å². The van der Waals surface area contributed by atoms with Gasteiger partial charge in [-0.3, -0.25) is 14.2 Å². The van der Waals surface area contributed by atoms with E-state index in [0.29, 0.717) is 17.0 Å². The van der Waals surface area contributed by atoms with E-state index in [4.69, 9.17) is 5.73 Å². The number of sulfonamides is 1. The monoisotopic (exact) mass is 377 g/mol.